The third kappa shape index (κ3) is 4.41. The van der Waals surface area contributed by atoms with Gasteiger partial charge in [0.25, 0.3) is 5.56 Å². The fraction of sp³-hybridized carbons (Fsp3) is 0.450. The van der Waals surface area contributed by atoms with Crippen LogP contribution in [-0.2, 0) is 11.3 Å². The summed E-state index contributed by atoms with van der Waals surface area (Å²) in [6.45, 7) is 1.15. The Kier molecular flexibility index (Phi) is 6.50. The zero-order valence-electron chi connectivity index (χ0n) is 16.6. The molecule has 2 aromatic rings. The number of rotatable bonds is 8. The molecule has 0 amide bonds. The molecule has 0 bridgehead atoms. The molecule has 1 atom stereocenters. The summed E-state index contributed by atoms with van der Waals surface area (Å²) in [6.07, 6.45) is 1.84. The summed E-state index contributed by atoms with van der Waals surface area (Å²) >= 11 is 0. The number of hydrogen-bond acceptors (Lipinski definition) is 7. The second kappa shape index (κ2) is 9.06. The van der Waals surface area contributed by atoms with E-state index in [2.05, 4.69) is 4.98 Å². The van der Waals surface area contributed by atoms with E-state index in [0.29, 0.717) is 0 Å². The van der Waals surface area contributed by atoms with Crippen molar-refractivity contribution in [2.24, 2.45) is 0 Å². The normalized spacial score (nSPS) is 16.8. The number of carbonyl (C=O) groups is 1. The predicted octanol–water partition coefficient (Wildman–Crippen LogP) is 0.794. The molecule has 3 rings (SSSR count). The molecule has 1 aromatic carbocycles. The molecule has 0 saturated carbocycles. The molecule has 2 heterocycles. The number of nitrogens with zero attached hydrogens (tertiary/aromatic N) is 2. The highest BCUT2D eigenvalue weighted by molar-refractivity contribution is 6.01. The van der Waals surface area contributed by atoms with Gasteiger partial charge in [-0.25, -0.2) is 4.79 Å². The van der Waals surface area contributed by atoms with E-state index in [0.717, 1.165) is 35.3 Å². The van der Waals surface area contributed by atoms with Gasteiger partial charge in [-0.1, -0.05) is 12.1 Å². The lowest BCUT2D eigenvalue weighted by molar-refractivity contribution is 0.0920. The lowest BCUT2D eigenvalue weighted by Crippen LogP contribution is -2.39. The SMILES string of the molecule is COCCn1c(N)c(C(=O)CN2CCCC2c2cccc(OC)c2)c(=O)[nH]c1=O. The van der Waals surface area contributed by atoms with Crippen LogP contribution in [0.25, 0.3) is 0 Å². The van der Waals surface area contributed by atoms with E-state index in [4.69, 9.17) is 15.2 Å². The number of methoxy groups -OCH3 is 2. The number of anilines is 1. The van der Waals surface area contributed by atoms with Gasteiger partial charge in [0.2, 0.25) is 0 Å². The Hall–Kier alpha value is -2.91. The summed E-state index contributed by atoms with van der Waals surface area (Å²) in [7, 11) is 3.10. The largest absolute Gasteiger partial charge is 0.497 e. The fourth-order valence-corrected chi connectivity index (χ4v) is 3.77. The van der Waals surface area contributed by atoms with Crippen molar-refractivity contribution in [1.82, 2.24) is 14.5 Å². The number of carbonyl (C=O) groups excluding carboxylic acids is 1. The third-order valence-corrected chi connectivity index (χ3v) is 5.23. The molecule has 9 heteroatoms. The van der Waals surface area contributed by atoms with Gasteiger partial charge >= 0.3 is 5.69 Å². The minimum Gasteiger partial charge on any atom is -0.497 e. The van der Waals surface area contributed by atoms with Crippen molar-refractivity contribution in [3.8, 4) is 5.75 Å². The zero-order valence-corrected chi connectivity index (χ0v) is 16.6. The molecule has 1 aliphatic heterocycles. The number of aromatic nitrogens is 2. The van der Waals surface area contributed by atoms with Crippen LogP contribution >= 0.6 is 0 Å². The third-order valence-electron chi connectivity index (χ3n) is 5.23. The molecule has 0 spiro atoms. The molecule has 1 saturated heterocycles. The first-order chi connectivity index (χ1) is 14.0. The predicted molar refractivity (Wildman–Crippen MR) is 108 cm³/mol. The maximum Gasteiger partial charge on any atom is 0.330 e. The van der Waals surface area contributed by atoms with Gasteiger partial charge in [-0.2, -0.15) is 0 Å². The van der Waals surface area contributed by atoms with Crippen molar-refractivity contribution < 1.29 is 14.3 Å². The molecule has 156 valence electrons. The summed E-state index contributed by atoms with van der Waals surface area (Å²) in [5.41, 5.74) is 5.47. The first-order valence-electron chi connectivity index (χ1n) is 9.49. The van der Waals surface area contributed by atoms with E-state index in [1.54, 1.807) is 7.11 Å². The maximum atomic E-state index is 13.0. The molecule has 1 aromatic heterocycles. The lowest BCUT2D eigenvalue weighted by Gasteiger charge is -2.24. The van der Waals surface area contributed by atoms with Crippen molar-refractivity contribution in [1.29, 1.82) is 0 Å². The molecule has 0 radical (unpaired) electrons. The van der Waals surface area contributed by atoms with Crippen molar-refractivity contribution in [2.75, 3.05) is 39.6 Å². The van der Waals surface area contributed by atoms with Gasteiger partial charge in [0.15, 0.2) is 5.78 Å². The topological polar surface area (TPSA) is 120 Å². The Balaban J connectivity index is 1.86. The van der Waals surface area contributed by atoms with Crippen LogP contribution in [0.4, 0.5) is 5.82 Å². The molecule has 3 N–H and O–H groups in total. The van der Waals surface area contributed by atoms with Gasteiger partial charge in [-0.15, -0.1) is 0 Å². The minimum absolute atomic E-state index is 0.0393. The van der Waals surface area contributed by atoms with Crippen LogP contribution in [0.15, 0.2) is 33.9 Å². The van der Waals surface area contributed by atoms with Crippen LogP contribution in [-0.4, -0.2) is 54.2 Å². The van der Waals surface area contributed by atoms with Crippen molar-refractivity contribution in [2.45, 2.75) is 25.4 Å². The summed E-state index contributed by atoms with van der Waals surface area (Å²) in [5, 5.41) is 0. The lowest BCUT2D eigenvalue weighted by atomic mass is 10.0. The Labute approximate surface area is 168 Å². The molecule has 1 aliphatic rings. The number of Topliss-reactive ketones (excluding diaryl/α,β-unsaturated/α-hetero) is 1. The molecular weight excluding hydrogens is 376 g/mol. The van der Waals surface area contributed by atoms with Gasteiger partial charge in [-0.05, 0) is 37.1 Å². The van der Waals surface area contributed by atoms with Crippen molar-refractivity contribution in [3.63, 3.8) is 0 Å². The van der Waals surface area contributed by atoms with Gasteiger partial charge in [0.05, 0.1) is 26.8 Å². The smallest absolute Gasteiger partial charge is 0.330 e. The van der Waals surface area contributed by atoms with E-state index < -0.39 is 17.0 Å². The number of ketones is 1. The molecule has 29 heavy (non-hydrogen) atoms. The number of aromatic amines is 1. The molecular formula is C20H26N4O5. The van der Waals surface area contributed by atoms with Gasteiger partial charge in [0.1, 0.15) is 17.1 Å². The summed E-state index contributed by atoms with van der Waals surface area (Å²) in [4.78, 5) is 41.5. The Morgan fingerprint density at radius 1 is 1.31 bits per heavy atom. The quantitative estimate of drug-likeness (QED) is 0.627. The highest BCUT2D eigenvalue weighted by atomic mass is 16.5. The number of nitrogens with two attached hydrogens (primary N) is 1. The second-order valence-corrected chi connectivity index (χ2v) is 6.99. The Morgan fingerprint density at radius 2 is 2.10 bits per heavy atom. The van der Waals surface area contributed by atoms with Crippen LogP contribution in [0.5, 0.6) is 5.75 Å². The van der Waals surface area contributed by atoms with Crippen molar-refractivity contribution in [3.05, 3.63) is 56.2 Å². The number of nitrogen functional groups attached to an aromatic ring is 1. The maximum absolute atomic E-state index is 13.0. The molecule has 1 fully saturated rings. The van der Waals surface area contributed by atoms with Gasteiger partial charge in [0, 0.05) is 13.2 Å². The first-order valence-corrected chi connectivity index (χ1v) is 9.49. The van der Waals surface area contributed by atoms with Crippen LogP contribution in [0.2, 0.25) is 0 Å². The highest BCUT2D eigenvalue weighted by Crippen LogP contribution is 2.33. The van der Waals surface area contributed by atoms with Crippen LogP contribution in [0.1, 0.15) is 34.8 Å². The summed E-state index contributed by atoms with van der Waals surface area (Å²) < 4.78 is 11.4. The minimum atomic E-state index is -0.761. The molecule has 9 nitrogen and oxygen atoms in total. The number of benzene rings is 1. The average Bonchev–Trinajstić information content (AvgIpc) is 3.15. The zero-order chi connectivity index (χ0) is 21.0. The number of ether oxygens (including phenoxy) is 2. The standard InChI is InChI=1S/C20H26N4O5/c1-28-10-9-24-18(21)17(19(26)22-20(24)27)16(25)12-23-8-4-7-15(23)13-5-3-6-14(11-13)29-2/h3,5-6,11,15H,4,7-10,12,21H2,1-2H3,(H,22,26,27). The molecule has 0 aliphatic carbocycles. The second-order valence-electron chi connectivity index (χ2n) is 6.99. The Bertz CT molecular complexity index is 997. The first kappa shape index (κ1) is 20.8. The van der Waals surface area contributed by atoms with E-state index >= 15 is 0 Å². The summed E-state index contributed by atoms with van der Waals surface area (Å²) in [6, 6.07) is 7.80. The van der Waals surface area contributed by atoms with Gasteiger partial charge in [-0.3, -0.25) is 24.0 Å². The fourth-order valence-electron chi connectivity index (χ4n) is 3.77. The molecule has 1 unspecified atom stereocenters. The van der Waals surface area contributed by atoms with E-state index in [1.807, 2.05) is 29.2 Å². The average molecular weight is 402 g/mol. The van der Waals surface area contributed by atoms with E-state index in [1.165, 1.54) is 7.11 Å². The number of H-pyrrole nitrogens is 1. The number of hydrogen-bond donors (Lipinski definition) is 2. The highest BCUT2D eigenvalue weighted by Gasteiger charge is 2.30. The van der Waals surface area contributed by atoms with E-state index in [9.17, 15) is 14.4 Å². The number of nitrogens with one attached hydrogen (secondary N) is 1. The van der Waals surface area contributed by atoms with E-state index in [-0.39, 0.29) is 37.1 Å². The monoisotopic (exact) mass is 402 g/mol. The van der Waals surface area contributed by atoms with Crippen LogP contribution in [0.3, 0.4) is 0 Å². The van der Waals surface area contributed by atoms with Crippen molar-refractivity contribution >= 4 is 11.6 Å². The summed E-state index contributed by atoms with van der Waals surface area (Å²) in [5.74, 6) is 0.217. The Morgan fingerprint density at radius 3 is 2.83 bits per heavy atom. The van der Waals surface area contributed by atoms with Crippen LogP contribution in [0, 0.1) is 0 Å². The number of likely N-dealkylation sites (tertiary alicyclic amines) is 1. The van der Waals surface area contributed by atoms with Crippen LogP contribution < -0.4 is 21.7 Å². The van der Waals surface area contributed by atoms with Gasteiger partial charge < -0.3 is 15.2 Å².